The molecule has 1 aromatic heterocycles. The first-order valence-corrected chi connectivity index (χ1v) is 10.5. The van der Waals surface area contributed by atoms with Gasteiger partial charge in [0.05, 0.1) is 4.90 Å². The fourth-order valence-electron chi connectivity index (χ4n) is 3.66. The zero-order chi connectivity index (χ0) is 18.9. The van der Waals surface area contributed by atoms with Crippen LogP contribution in [0, 0.1) is 5.92 Å². The van der Waals surface area contributed by atoms with Gasteiger partial charge in [0.15, 0.2) is 0 Å². The summed E-state index contributed by atoms with van der Waals surface area (Å²) >= 11 is 0. The minimum atomic E-state index is -3.55. The fraction of sp³-hybridized carbons (Fsp3) is 0.286. The van der Waals surface area contributed by atoms with Crippen molar-refractivity contribution in [2.24, 2.45) is 5.92 Å². The van der Waals surface area contributed by atoms with Gasteiger partial charge in [0.25, 0.3) is 0 Å². The average Bonchev–Trinajstić information content (AvgIpc) is 2.69. The van der Waals surface area contributed by atoms with Crippen LogP contribution in [0.15, 0.2) is 74.8 Å². The lowest BCUT2D eigenvalue weighted by Crippen LogP contribution is -2.38. The van der Waals surface area contributed by atoms with Crippen molar-refractivity contribution in [2.75, 3.05) is 13.1 Å². The largest absolute Gasteiger partial charge is 0.423 e. The number of piperidine rings is 1. The minimum absolute atomic E-state index is 0.241. The van der Waals surface area contributed by atoms with Gasteiger partial charge in [-0.05, 0) is 55.0 Å². The van der Waals surface area contributed by atoms with Crippen molar-refractivity contribution >= 4 is 21.0 Å². The van der Waals surface area contributed by atoms with Crippen LogP contribution in [0.4, 0.5) is 0 Å². The number of hydrogen-bond acceptors (Lipinski definition) is 4. The highest BCUT2D eigenvalue weighted by Crippen LogP contribution is 2.27. The molecule has 0 saturated carbocycles. The molecule has 140 valence electrons. The molecule has 0 spiro atoms. The Labute approximate surface area is 158 Å². The minimum Gasteiger partial charge on any atom is -0.423 e. The molecule has 1 aliphatic heterocycles. The molecule has 5 nitrogen and oxygen atoms in total. The topological polar surface area (TPSA) is 67.6 Å². The third-order valence-electron chi connectivity index (χ3n) is 5.17. The molecule has 0 amide bonds. The van der Waals surface area contributed by atoms with E-state index in [0.717, 1.165) is 19.3 Å². The predicted molar refractivity (Wildman–Crippen MR) is 104 cm³/mol. The zero-order valence-electron chi connectivity index (χ0n) is 14.9. The lowest BCUT2D eigenvalue weighted by molar-refractivity contribution is 0.273. The summed E-state index contributed by atoms with van der Waals surface area (Å²) in [6, 6.07) is 17.8. The van der Waals surface area contributed by atoms with Gasteiger partial charge >= 0.3 is 5.63 Å². The predicted octanol–water partition coefficient (Wildman–Crippen LogP) is 3.44. The molecule has 1 aliphatic rings. The van der Waals surface area contributed by atoms with E-state index in [1.165, 1.54) is 17.7 Å². The number of rotatable bonds is 4. The molecular formula is C21H21NO4S. The van der Waals surface area contributed by atoms with Gasteiger partial charge in [0.2, 0.25) is 10.0 Å². The van der Waals surface area contributed by atoms with Crippen molar-refractivity contribution in [2.45, 2.75) is 24.2 Å². The van der Waals surface area contributed by atoms with Gasteiger partial charge in [-0.15, -0.1) is 0 Å². The maximum absolute atomic E-state index is 13.0. The number of sulfonamides is 1. The first-order chi connectivity index (χ1) is 13.0. The van der Waals surface area contributed by atoms with Crippen LogP contribution in [0.1, 0.15) is 18.4 Å². The molecule has 0 aliphatic carbocycles. The molecule has 6 heteroatoms. The second kappa shape index (κ2) is 7.29. The number of benzene rings is 2. The summed E-state index contributed by atoms with van der Waals surface area (Å²) in [5.74, 6) is 0.504. The van der Waals surface area contributed by atoms with E-state index in [9.17, 15) is 13.2 Å². The van der Waals surface area contributed by atoms with Gasteiger partial charge in [-0.2, -0.15) is 4.31 Å². The Morgan fingerprint density at radius 1 is 0.963 bits per heavy atom. The van der Waals surface area contributed by atoms with Crippen LogP contribution in [-0.2, 0) is 16.4 Å². The molecule has 4 rings (SSSR count). The van der Waals surface area contributed by atoms with E-state index in [2.05, 4.69) is 12.1 Å². The first kappa shape index (κ1) is 17.9. The summed E-state index contributed by atoms with van der Waals surface area (Å²) in [5, 5.41) is 0.606. The SMILES string of the molecule is O=c1ccc2cc(S(=O)(=O)N3CCC(Cc4ccccc4)CC3)ccc2o1. The molecule has 0 atom stereocenters. The number of hydrogen-bond donors (Lipinski definition) is 0. The van der Waals surface area contributed by atoms with Crippen molar-refractivity contribution in [1.82, 2.24) is 4.31 Å². The lowest BCUT2D eigenvalue weighted by Gasteiger charge is -2.31. The van der Waals surface area contributed by atoms with Crippen molar-refractivity contribution in [3.63, 3.8) is 0 Å². The van der Waals surface area contributed by atoms with Crippen LogP contribution >= 0.6 is 0 Å². The van der Waals surface area contributed by atoms with Gasteiger partial charge in [-0.3, -0.25) is 0 Å². The summed E-state index contributed by atoms with van der Waals surface area (Å²) in [6.07, 6.45) is 2.71. The highest BCUT2D eigenvalue weighted by molar-refractivity contribution is 7.89. The molecule has 2 heterocycles. The molecule has 0 unspecified atom stereocenters. The van der Waals surface area contributed by atoms with Gasteiger partial charge in [0.1, 0.15) is 5.58 Å². The highest BCUT2D eigenvalue weighted by Gasteiger charge is 2.29. The van der Waals surface area contributed by atoms with E-state index >= 15 is 0 Å². The summed E-state index contributed by atoms with van der Waals surface area (Å²) in [7, 11) is -3.55. The van der Waals surface area contributed by atoms with E-state index in [4.69, 9.17) is 4.42 Å². The Kier molecular flexibility index (Phi) is 4.85. The van der Waals surface area contributed by atoms with Gasteiger partial charge < -0.3 is 4.42 Å². The van der Waals surface area contributed by atoms with Crippen molar-refractivity contribution < 1.29 is 12.8 Å². The summed E-state index contributed by atoms with van der Waals surface area (Å²) in [6.45, 7) is 1.06. The van der Waals surface area contributed by atoms with E-state index in [-0.39, 0.29) is 4.90 Å². The van der Waals surface area contributed by atoms with E-state index in [1.807, 2.05) is 18.2 Å². The Morgan fingerprint density at radius 2 is 1.70 bits per heavy atom. The molecule has 1 fully saturated rings. The van der Waals surface area contributed by atoms with E-state index in [0.29, 0.717) is 30.0 Å². The Bertz CT molecular complexity index is 1100. The van der Waals surface area contributed by atoms with Crippen LogP contribution in [0.2, 0.25) is 0 Å². The number of nitrogens with zero attached hydrogens (tertiary/aromatic N) is 1. The monoisotopic (exact) mass is 383 g/mol. The van der Waals surface area contributed by atoms with Crippen molar-refractivity contribution in [1.29, 1.82) is 0 Å². The Balaban J connectivity index is 1.48. The van der Waals surface area contributed by atoms with Crippen molar-refractivity contribution in [3.8, 4) is 0 Å². The molecule has 0 N–H and O–H groups in total. The maximum atomic E-state index is 13.0. The first-order valence-electron chi connectivity index (χ1n) is 9.10. The van der Waals surface area contributed by atoms with Crippen LogP contribution in [0.5, 0.6) is 0 Å². The Morgan fingerprint density at radius 3 is 2.44 bits per heavy atom. The van der Waals surface area contributed by atoms with E-state index in [1.54, 1.807) is 22.5 Å². The number of fused-ring (bicyclic) bond motifs is 1. The fourth-order valence-corrected chi connectivity index (χ4v) is 5.17. The molecule has 1 saturated heterocycles. The average molecular weight is 383 g/mol. The maximum Gasteiger partial charge on any atom is 0.336 e. The van der Waals surface area contributed by atoms with Crippen LogP contribution in [0.25, 0.3) is 11.0 Å². The smallest absolute Gasteiger partial charge is 0.336 e. The highest BCUT2D eigenvalue weighted by atomic mass is 32.2. The van der Waals surface area contributed by atoms with Gasteiger partial charge in [0, 0.05) is 24.5 Å². The van der Waals surface area contributed by atoms with Crippen LogP contribution in [-0.4, -0.2) is 25.8 Å². The molecular weight excluding hydrogens is 362 g/mol. The van der Waals surface area contributed by atoms with Crippen molar-refractivity contribution in [3.05, 3.63) is 76.6 Å². The second-order valence-electron chi connectivity index (χ2n) is 6.99. The summed E-state index contributed by atoms with van der Waals surface area (Å²) in [5.41, 5.74) is 1.25. The third-order valence-corrected chi connectivity index (χ3v) is 7.06. The van der Waals surface area contributed by atoms with Crippen LogP contribution < -0.4 is 5.63 Å². The summed E-state index contributed by atoms with van der Waals surface area (Å²) < 4.78 is 32.6. The molecule has 3 aromatic rings. The third kappa shape index (κ3) is 3.82. The lowest BCUT2D eigenvalue weighted by atomic mass is 9.91. The van der Waals surface area contributed by atoms with E-state index < -0.39 is 15.6 Å². The molecule has 2 aromatic carbocycles. The quantitative estimate of drug-likeness (QED) is 0.647. The Hall–Kier alpha value is -2.44. The molecule has 27 heavy (non-hydrogen) atoms. The standard InChI is InChI=1S/C21H21NO4S/c23-21-9-6-18-15-19(7-8-20(18)26-21)27(24,25)22-12-10-17(11-13-22)14-16-4-2-1-3-5-16/h1-9,15,17H,10-14H2. The summed E-state index contributed by atoms with van der Waals surface area (Å²) in [4.78, 5) is 11.5. The van der Waals surface area contributed by atoms with Crippen LogP contribution in [0.3, 0.4) is 0 Å². The zero-order valence-corrected chi connectivity index (χ0v) is 15.7. The van der Waals surface area contributed by atoms with Gasteiger partial charge in [-0.1, -0.05) is 30.3 Å². The second-order valence-corrected chi connectivity index (χ2v) is 8.93. The molecule has 0 bridgehead atoms. The van der Waals surface area contributed by atoms with Gasteiger partial charge in [-0.25, -0.2) is 13.2 Å². The molecule has 0 radical (unpaired) electrons. The normalized spacial score (nSPS) is 16.6.